The summed E-state index contributed by atoms with van der Waals surface area (Å²) in [6, 6.07) is 20.3. The van der Waals surface area contributed by atoms with Crippen LogP contribution in [0.25, 0.3) is 28.2 Å². The fraction of sp³-hybridized carbons (Fsp3) is 0.125. The molecule has 5 rings (SSSR count). The molecule has 0 radical (unpaired) electrons. The number of aliphatic hydroxyl groups is 1. The summed E-state index contributed by atoms with van der Waals surface area (Å²) in [5, 5.41) is 9.19. The standard InChI is InChI=1S/C24H21N3O2/c28-17-21-8-9-23(29-21)20-7-10-24-25-22(16-27(24)15-20)19-5-3-18(4-6-19)11-14-26-12-1-2-13-26/h1-10,12-13,15-16,28H,11,14,17H2. The molecule has 0 unspecified atom stereocenters. The van der Waals surface area contributed by atoms with Gasteiger partial charge in [0.15, 0.2) is 0 Å². The number of pyridine rings is 1. The molecule has 144 valence electrons. The molecule has 0 aliphatic carbocycles. The third-order valence-electron chi connectivity index (χ3n) is 5.13. The van der Waals surface area contributed by atoms with Gasteiger partial charge in [0.1, 0.15) is 23.8 Å². The molecule has 0 atom stereocenters. The third kappa shape index (κ3) is 3.60. The Labute approximate surface area is 168 Å². The second kappa shape index (κ2) is 7.45. The lowest BCUT2D eigenvalue weighted by atomic mass is 10.1. The monoisotopic (exact) mass is 383 g/mol. The van der Waals surface area contributed by atoms with Crippen molar-refractivity contribution in [3.63, 3.8) is 0 Å². The minimum atomic E-state index is -0.0983. The maximum Gasteiger partial charge on any atom is 0.137 e. The molecule has 0 saturated heterocycles. The van der Waals surface area contributed by atoms with E-state index in [4.69, 9.17) is 9.40 Å². The summed E-state index contributed by atoms with van der Waals surface area (Å²) in [6.45, 7) is 0.882. The topological polar surface area (TPSA) is 55.6 Å². The highest BCUT2D eigenvalue weighted by atomic mass is 16.4. The second-order valence-corrected chi connectivity index (χ2v) is 7.10. The van der Waals surface area contributed by atoms with Gasteiger partial charge in [0, 0.05) is 42.5 Å². The van der Waals surface area contributed by atoms with Crippen molar-refractivity contribution < 1.29 is 9.52 Å². The normalized spacial score (nSPS) is 11.3. The van der Waals surface area contributed by atoms with Gasteiger partial charge in [-0.1, -0.05) is 24.3 Å². The molecule has 4 heterocycles. The Morgan fingerprint density at radius 3 is 2.41 bits per heavy atom. The molecule has 0 aliphatic rings. The van der Waals surface area contributed by atoms with Gasteiger partial charge in [-0.3, -0.25) is 0 Å². The number of rotatable bonds is 6. The minimum Gasteiger partial charge on any atom is -0.459 e. The molecule has 0 fully saturated rings. The van der Waals surface area contributed by atoms with Gasteiger partial charge < -0.3 is 18.5 Å². The van der Waals surface area contributed by atoms with E-state index in [9.17, 15) is 5.11 Å². The zero-order valence-electron chi connectivity index (χ0n) is 15.9. The number of aryl methyl sites for hydroxylation is 2. The Balaban J connectivity index is 1.37. The van der Waals surface area contributed by atoms with E-state index in [0.29, 0.717) is 5.76 Å². The second-order valence-electron chi connectivity index (χ2n) is 7.10. The molecule has 0 saturated carbocycles. The average molecular weight is 383 g/mol. The van der Waals surface area contributed by atoms with Crippen LogP contribution in [0.3, 0.4) is 0 Å². The van der Waals surface area contributed by atoms with Crippen LogP contribution in [0.5, 0.6) is 0 Å². The first-order valence-corrected chi connectivity index (χ1v) is 9.67. The maximum absolute atomic E-state index is 9.19. The Kier molecular flexibility index (Phi) is 4.50. The van der Waals surface area contributed by atoms with Crippen molar-refractivity contribution in [1.29, 1.82) is 0 Å². The van der Waals surface area contributed by atoms with Crippen LogP contribution in [0.4, 0.5) is 0 Å². The lowest BCUT2D eigenvalue weighted by Gasteiger charge is -2.04. The van der Waals surface area contributed by atoms with Crippen molar-refractivity contribution >= 4 is 5.65 Å². The van der Waals surface area contributed by atoms with E-state index in [-0.39, 0.29) is 6.61 Å². The first-order valence-electron chi connectivity index (χ1n) is 9.67. The van der Waals surface area contributed by atoms with Gasteiger partial charge in [0.2, 0.25) is 0 Å². The van der Waals surface area contributed by atoms with Gasteiger partial charge in [-0.15, -0.1) is 0 Å². The third-order valence-corrected chi connectivity index (χ3v) is 5.13. The molecule has 0 spiro atoms. The Bertz CT molecular complexity index is 1230. The number of aliphatic hydroxyl groups excluding tert-OH is 1. The SMILES string of the molecule is OCc1ccc(-c2ccc3nc(-c4ccc(CCn5cccc5)cc4)cn3c2)o1. The summed E-state index contributed by atoms with van der Waals surface area (Å²) in [6.07, 6.45) is 9.21. The van der Waals surface area contributed by atoms with Crippen LogP contribution in [0.15, 0.2) is 89.9 Å². The van der Waals surface area contributed by atoms with Crippen molar-refractivity contribution in [2.75, 3.05) is 0 Å². The van der Waals surface area contributed by atoms with Gasteiger partial charge in [-0.05, 0) is 48.4 Å². The summed E-state index contributed by atoms with van der Waals surface area (Å²) in [5.74, 6) is 1.29. The van der Waals surface area contributed by atoms with E-state index in [1.807, 2.05) is 35.0 Å². The van der Waals surface area contributed by atoms with Crippen molar-refractivity contribution in [3.05, 3.63) is 96.8 Å². The molecule has 5 nitrogen and oxygen atoms in total. The number of benzene rings is 1. The molecule has 1 aromatic carbocycles. The number of furan rings is 1. The predicted octanol–water partition coefficient (Wildman–Crippen LogP) is 4.80. The van der Waals surface area contributed by atoms with Crippen LogP contribution in [0, 0.1) is 0 Å². The van der Waals surface area contributed by atoms with E-state index in [1.54, 1.807) is 6.07 Å². The lowest BCUT2D eigenvalue weighted by Crippen LogP contribution is -1.97. The number of hydrogen-bond acceptors (Lipinski definition) is 3. The largest absolute Gasteiger partial charge is 0.459 e. The number of hydrogen-bond donors (Lipinski definition) is 1. The summed E-state index contributed by atoms with van der Waals surface area (Å²) in [7, 11) is 0. The van der Waals surface area contributed by atoms with Crippen molar-refractivity contribution in [3.8, 4) is 22.6 Å². The zero-order valence-corrected chi connectivity index (χ0v) is 15.9. The van der Waals surface area contributed by atoms with Gasteiger partial charge >= 0.3 is 0 Å². The van der Waals surface area contributed by atoms with E-state index in [1.165, 1.54) is 5.56 Å². The van der Waals surface area contributed by atoms with E-state index >= 15 is 0 Å². The van der Waals surface area contributed by atoms with Gasteiger partial charge in [0.25, 0.3) is 0 Å². The van der Waals surface area contributed by atoms with E-state index in [0.717, 1.165) is 41.2 Å². The van der Waals surface area contributed by atoms with Gasteiger partial charge in [0.05, 0.1) is 5.69 Å². The zero-order chi connectivity index (χ0) is 19.6. The fourth-order valence-corrected chi connectivity index (χ4v) is 3.51. The molecule has 4 aromatic heterocycles. The Hall–Kier alpha value is -3.57. The average Bonchev–Trinajstić information content (AvgIpc) is 3.52. The molecule has 0 amide bonds. The maximum atomic E-state index is 9.19. The summed E-state index contributed by atoms with van der Waals surface area (Å²) < 4.78 is 9.83. The van der Waals surface area contributed by atoms with Crippen molar-refractivity contribution in [2.24, 2.45) is 0 Å². The number of fused-ring (bicyclic) bond motifs is 1. The Morgan fingerprint density at radius 1 is 0.862 bits per heavy atom. The molecule has 0 bridgehead atoms. The van der Waals surface area contributed by atoms with Crippen LogP contribution >= 0.6 is 0 Å². The van der Waals surface area contributed by atoms with Gasteiger partial charge in [-0.25, -0.2) is 4.98 Å². The molecule has 5 heteroatoms. The highest BCUT2D eigenvalue weighted by Gasteiger charge is 2.09. The van der Waals surface area contributed by atoms with E-state index < -0.39 is 0 Å². The Morgan fingerprint density at radius 2 is 1.66 bits per heavy atom. The van der Waals surface area contributed by atoms with E-state index in [2.05, 4.69) is 53.4 Å². The molecule has 5 aromatic rings. The smallest absolute Gasteiger partial charge is 0.137 e. The summed E-state index contributed by atoms with van der Waals surface area (Å²) in [5.41, 5.74) is 5.18. The molecule has 29 heavy (non-hydrogen) atoms. The van der Waals surface area contributed by atoms with Crippen LogP contribution in [-0.2, 0) is 19.6 Å². The van der Waals surface area contributed by atoms with Crippen LogP contribution in [0.1, 0.15) is 11.3 Å². The lowest BCUT2D eigenvalue weighted by molar-refractivity contribution is 0.248. The molecular formula is C24H21N3O2. The fourth-order valence-electron chi connectivity index (χ4n) is 3.51. The summed E-state index contributed by atoms with van der Waals surface area (Å²) in [4.78, 5) is 4.74. The van der Waals surface area contributed by atoms with Gasteiger partial charge in [-0.2, -0.15) is 0 Å². The first kappa shape index (κ1) is 17.5. The first-order chi connectivity index (χ1) is 14.3. The molecular weight excluding hydrogens is 362 g/mol. The minimum absolute atomic E-state index is 0.0983. The highest BCUT2D eigenvalue weighted by molar-refractivity contribution is 5.65. The predicted molar refractivity (Wildman–Crippen MR) is 112 cm³/mol. The number of nitrogens with zero attached hydrogens (tertiary/aromatic N) is 3. The molecule has 1 N–H and O–H groups in total. The van der Waals surface area contributed by atoms with Crippen LogP contribution < -0.4 is 0 Å². The highest BCUT2D eigenvalue weighted by Crippen LogP contribution is 2.25. The van der Waals surface area contributed by atoms with Crippen LogP contribution in [0.2, 0.25) is 0 Å². The van der Waals surface area contributed by atoms with Crippen LogP contribution in [-0.4, -0.2) is 19.1 Å². The quantitative estimate of drug-likeness (QED) is 0.458. The number of aromatic nitrogens is 3. The van der Waals surface area contributed by atoms with Crippen molar-refractivity contribution in [2.45, 2.75) is 19.6 Å². The molecule has 0 aliphatic heterocycles. The summed E-state index contributed by atoms with van der Waals surface area (Å²) >= 11 is 0. The number of imidazole rings is 1. The van der Waals surface area contributed by atoms with Crippen molar-refractivity contribution in [1.82, 2.24) is 14.0 Å².